The van der Waals surface area contributed by atoms with E-state index in [2.05, 4.69) is 34.4 Å². The normalized spacial score (nSPS) is 15.8. The van der Waals surface area contributed by atoms with Crippen molar-refractivity contribution in [3.05, 3.63) is 34.6 Å². The summed E-state index contributed by atoms with van der Waals surface area (Å²) >= 11 is 6.22. The third-order valence-corrected chi connectivity index (χ3v) is 5.19. The largest absolute Gasteiger partial charge is 0.379 e. The van der Waals surface area contributed by atoms with Crippen LogP contribution in [0.5, 0.6) is 0 Å². The van der Waals surface area contributed by atoms with Crippen LogP contribution in [0.2, 0.25) is 5.02 Å². The van der Waals surface area contributed by atoms with Crippen molar-refractivity contribution in [1.29, 1.82) is 0 Å². The molecule has 0 saturated carbocycles. The van der Waals surface area contributed by atoms with E-state index >= 15 is 0 Å². The lowest BCUT2D eigenvalue weighted by Gasteiger charge is -2.28. The number of rotatable bonds is 8. The molecule has 1 aliphatic heterocycles. The molecule has 0 amide bonds. The van der Waals surface area contributed by atoms with E-state index in [1.54, 1.807) is 13.1 Å². The van der Waals surface area contributed by atoms with Crippen molar-refractivity contribution < 1.29 is 9.13 Å². The Morgan fingerprint density at radius 3 is 2.61 bits per heavy atom. The summed E-state index contributed by atoms with van der Waals surface area (Å²) in [7, 11) is 1.76. The van der Waals surface area contributed by atoms with Crippen molar-refractivity contribution in [2.75, 3.05) is 53.0 Å². The zero-order chi connectivity index (χ0) is 19.7. The number of ether oxygens (including phenoxy) is 1. The van der Waals surface area contributed by atoms with E-state index < -0.39 is 0 Å². The number of nitrogens with one attached hydrogen (secondary N) is 2. The highest BCUT2D eigenvalue weighted by Gasteiger charge is 2.24. The van der Waals surface area contributed by atoms with Gasteiger partial charge in [-0.1, -0.05) is 31.5 Å². The first-order chi connectivity index (χ1) is 12.9. The standard InChI is InChI=1S/C20H32ClFN4O.HI/c1-20(2,17-7-6-16(22)14-18(17)21)15-25-19(23-3)24-8-4-5-9-26-10-12-27-13-11-26;/h6-7,14H,4-5,8-13,15H2,1-3H3,(H2,23,24,25);1H. The first-order valence-electron chi connectivity index (χ1n) is 9.62. The van der Waals surface area contributed by atoms with Crippen LogP contribution in [-0.4, -0.2) is 63.8 Å². The Morgan fingerprint density at radius 2 is 1.96 bits per heavy atom. The fraction of sp³-hybridized carbons (Fsp3) is 0.650. The van der Waals surface area contributed by atoms with E-state index in [1.165, 1.54) is 12.1 Å². The number of hydrogen-bond acceptors (Lipinski definition) is 3. The van der Waals surface area contributed by atoms with Gasteiger partial charge in [0.05, 0.1) is 13.2 Å². The molecule has 1 aliphatic rings. The van der Waals surface area contributed by atoms with Crippen LogP contribution in [0.25, 0.3) is 0 Å². The quantitative estimate of drug-likeness (QED) is 0.235. The lowest BCUT2D eigenvalue weighted by molar-refractivity contribution is 0.0372. The van der Waals surface area contributed by atoms with Crippen LogP contribution in [0, 0.1) is 5.82 Å². The summed E-state index contributed by atoms with van der Waals surface area (Å²) in [6.07, 6.45) is 2.24. The molecule has 1 saturated heterocycles. The lowest BCUT2D eigenvalue weighted by Crippen LogP contribution is -2.44. The van der Waals surface area contributed by atoms with Crippen molar-refractivity contribution >= 4 is 41.5 Å². The van der Waals surface area contributed by atoms with Gasteiger partial charge >= 0.3 is 0 Å². The summed E-state index contributed by atoms with van der Waals surface area (Å²) < 4.78 is 18.7. The van der Waals surface area contributed by atoms with Crippen molar-refractivity contribution in [2.24, 2.45) is 4.99 Å². The monoisotopic (exact) mass is 526 g/mol. The number of morpholine rings is 1. The van der Waals surface area contributed by atoms with Gasteiger partial charge in [0.25, 0.3) is 0 Å². The number of aliphatic imine (C=N–C) groups is 1. The molecule has 28 heavy (non-hydrogen) atoms. The highest BCUT2D eigenvalue weighted by molar-refractivity contribution is 14.0. The number of unbranched alkanes of at least 4 members (excludes halogenated alkanes) is 1. The molecule has 1 heterocycles. The zero-order valence-corrected chi connectivity index (χ0v) is 20.1. The smallest absolute Gasteiger partial charge is 0.191 e. The molecule has 1 aromatic rings. The average Bonchev–Trinajstić information content (AvgIpc) is 2.64. The summed E-state index contributed by atoms with van der Waals surface area (Å²) in [5.74, 6) is 0.453. The Morgan fingerprint density at radius 1 is 1.25 bits per heavy atom. The first kappa shape index (κ1) is 25.4. The van der Waals surface area contributed by atoms with Gasteiger partial charge in [0.15, 0.2) is 5.96 Å². The van der Waals surface area contributed by atoms with E-state index in [4.69, 9.17) is 16.3 Å². The third kappa shape index (κ3) is 8.39. The minimum atomic E-state index is -0.318. The molecule has 5 nitrogen and oxygen atoms in total. The molecule has 0 spiro atoms. The summed E-state index contributed by atoms with van der Waals surface area (Å²) in [5.41, 5.74) is 0.665. The fourth-order valence-electron chi connectivity index (χ4n) is 3.15. The predicted octanol–water partition coefficient (Wildman–Crippen LogP) is 3.65. The molecule has 2 N–H and O–H groups in total. The third-order valence-electron chi connectivity index (χ3n) is 4.88. The summed E-state index contributed by atoms with van der Waals surface area (Å²) in [4.78, 5) is 6.73. The second-order valence-corrected chi connectivity index (χ2v) is 7.93. The number of halogens is 3. The Balaban J connectivity index is 0.00000392. The van der Waals surface area contributed by atoms with E-state index in [9.17, 15) is 4.39 Å². The summed E-state index contributed by atoms with van der Waals surface area (Å²) in [6.45, 7) is 10.6. The molecule has 0 radical (unpaired) electrons. The van der Waals surface area contributed by atoms with E-state index in [0.717, 1.165) is 63.8 Å². The Bertz CT molecular complexity index is 624. The molecule has 160 valence electrons. The SMILES string of the molecule is CN=C(NCCCCN1CCOCC1)NCC(C)(C)c1ccc(F)cc1Cl.I. The molecule has 0 aliphatic carbocycles. The van der Waals surface area contributed by atoms with Crippen LogP contribution in [0.15, 0.2) is 23.2 Å². The highest BCUT2D eigenvalue weighted by atomic mass is 127. The van der Waals surface area contributed by atoms with Gasteiger partial charge in [0.1, 0.15) is 5.82 Å². The maximum absolute atomic E-state index is 13.3. The van der Waals surface area contributed by atoms with Gasteiger partial charge in [-0.3, -0.25) is 9.89 Å². The second-order valence-electron chi connectivity index (χ2n) is 7.52. The number of benzene rings is 1. The number of hydrogen-bond donors (Lipinski definition) is 2. The molecule has 0 bridgehead atoms. The molecule has 0 unspecified atom stereocenters. The Labute approximate surface area is 190 Å². The minimum Gasteiger partial charge on any atom is -0.379 e. The minimum absolute atomic E-state index is 0. The summed E-state index contributed by atoms with van der Waals surface area (Å²) in [5, 5.41) is 7.16. The van der Waals surface area contributed by atoms with Crippen molar-refractivity contribution in [2.45, 2.75) is 32.1 Å². The van der Waals surface area contributed by atoms with Crippen LogP contribution < -0.4 is 10.6 Å². The first-order valence-corrected chi connectivity index (χ1v) is 10.0. The van der Waals surface area contributed by atoms with Gasteiger partial charge in [0, 0.05) is 43.7 Å². The highest BCUT2D eigenvalue weighted by Crippen LogP contribution is 2.29. The van der Waals surface area contributed by atoms with Gasteiger partial charge in [-0.25, -0.2) is 4.39 Å². The van der Waals surface area contributed by atoms with Gasteiger partial charge in [0.2, 0.25) is 0 Å². The molecular weight excluding hydrogens is 494 g/mol. The second kappa shape index (κ2) is 12.8. The zero-order valence-electron chi connectivity index (χ0n) is 17.1. The van der Waals surface area contributed by atoms with Crippen molar-refractivity contribution in [3.8, 4) is 0 Å². The van der Waals surface area contributed by atoms with Crippen molar-refractivity contribution in [3.63, 3.8) is 0 Å². The maximum Gasteiger partial charge on any atom is 0.191 e. The van der Waals surface area contributed by atoms with Gasteiger partial charge in [-0.05, 0) is 37.1 Å². The van der Waals surface area contributed by atoms with E-state index in [1.807, 2.05) is 0 Å². The van der Waals surface area contributed by atoms with Crippen LogP contribution in [0.4, 0.5) is 4.39 Å². The van der Waals surface area contributed by atoms with Crippen LogP contribution in [-0.2, 0) is 10.2 Å². The van der Waals surface area contributed by atoms with E-state index in [0.29, 0.717) is 11.6 Å². The molecule has 2 rings (SSSR count). The molecule has 1 aromatic carbocycles. The molecule has 1 fully saturated rings. The van der Waals surface area contributed by atoms with Gasteiger partial charge < -0.3 is 15.4 Å². The molecule has 0 aromatic heterocycles. The number of guanidine groups is 1. The van der Waals surface area contributed by atoms with E-state index in [-0.39, 0.29) is 35.2 Å². The molecule has 8 heteroatoms. The lowest BCUT2D eigenvalue weighted by atomic mass is 9.84. The Hall–Kier alpha value is -0.640. The van der Waals surface area contributed by atoms with Crippen LogP contribution in [0.3, 0.4) is 0 Å². The van der Waals surface area contributed by atoms with Crippen LogP contribution in [0.1, 0.15) is 32.3 Å². The molecular formula is C20H33ClFIN4O. The van der Waals surface area contributed by atoms with Crippen molar-refractivity contribution in [1.82, 2.24) is 15.5 Å². The Kier molecular flexibility index (Phi) is 11.6. The van der Waals surface area contributed by atoms with Crippen LogP contribution >= 0.6 is 35.6 Å². The fourth-order valence-corrected chi connectivity index (χ4v) is 3.57. The van der Waals surface area contributed by atoms with Gasteiger partial charge in [-0.2, -0.15) is 0 Å². The predicted molar refractivity (Wildman–Crippen MR) is 126 cm³/mol. The average molecular weight is 527 g/mol. The molecule has 0 atom stereocenters. The van der Waals surface area contributed by atoms with Gasteiger partial charge in [-0.15, -0.1) is 24.0 Å². The topological polar surface area (TPSA) is 48.9 Å². The summed E-state index contributed by atoms with van der Waals surface area (Å²) in [6, 6.07) is 4.56. The number of nitrogens with zero attached hydrogens (tertiary/aromatic N) is 2. The maximum atomic E-state index is 13.3.